The van der Waals surface area contributed by atoms with Crippen LogP contribution < -0.4 is 10.0 Å². The number of nitrogens with one attached hydrogen (secondary N) is 2. The molecule has 5 rings (SSSR count). The van der Waals surface area contributed by atoms with Crippen molar-refractivity contribution in [1.29, 1.82) is 0 Å². The van der Waals surface area contributed by atoms with Crippen LogP contribution in [-0.2, 0) is 26.3 Å². The number of aryl methyl sites for hydroxylation is 2. The lowest BCUT2D eigenvalue weighted by molar-refractivity contribution is -0.179. The Morgan fingerprint density at radius 3 is 2.54 bits per heavy atom. The number of hydrogen-bond donors (Lipinski definition) is 3. The van der Waals surface area contributed by atoms with E-state index in [1.807, 2.05) is 6.92 Å². The Labute approximate surface area is 279 Å². The number of aliphatic hydroxyl groups is 1. The number of amides is 2. The molecule has 3 N–H and O–H groups in total. The van der Waals surface area contributed by atoms with Gasteiger partial charge in [-0.1, -0.05) is 36.1 Å². The van der Waals surface area contributed by atoms with Gasteiger partial charge in [-0.25, -0.2) is 9.00 Å². The summed E-state index contributed by atoms with van der Waals surface area (Å²) < 4.78 is 23.2. The van der Waals surface area contributed by atoms with Gasteiger partial charge >= 0.3 is 5.97 Å². The highest BCUT2D eigenvalue weighted by Crippen LogP contribution is 2.28. The average Bonchev–Trinajstić information content (AvgIpc) is 3.64. The van der Waals surface area contributed by atoms with Crippen LogP contribution in [0.1, 0.15) is 56.9 Å². The SMILES string of the molecule is COC(=O)[C@]1(O)CCCN1CCC=S(=O)(NC(=O)c1cncc(C#Cc2cccc(NC(=O)c3cc(C)nn3C)c2)c1)c1ccccc1. The second-order valence-corrected chi connectivity index (χ2v) is 13.5. The lowest BCUT2D eigenvalue weighted by Gasteiger charge is -2.30. The fourth-order valence-corrected chi connectivity index (χ4v) is 7.20. The third-order valence-corrected chi connectivity index (χ3v) is 9.95. The maximum Gasteiger partial charge on any atom is 0.353 e. The number of likely N-dealkylation sites (tertiary alicyclic amines) is 1. The van der Waals surface area contributed by atoms with E-state index in [2.05, 4.69) is 32.0 Å². The topological polar surface area (TPSA) is 156 Å². The van der Waals surface area contributed by atoms with Gasteiger partial charge < -0.3 is 15.2 Å². The number of benzene rings is 2. The molecule has 2 aromatic carbocycles. The smallest absolute Gasteiger partial charge is 0.353 e. The maximum absolute atomic E-state index is 14.3. The minimum Gasteiger partial charge on any atom is -0.466 e. The number of methoxy groups -OCH3 is 1. The first kappa shape index (κ1) is 34.1. The van der Waals surface area contributed by atoms with E-state index >= 15 is 0 Å². The van der Waals surface area contributed by atoms with Crippen LogP contribution in [0.5, 0.6) is 0 Å². The lowest BCUT2D eigenvalue weighted by Crippen LogP contribution is -2.51. The van der Waals surface area contributed by atoms with Crippen molar-refractivity contribution in [3.63, 3.8) is 0 Å². The monoisotopic (exact) mass is 668 g/mol. The van der Waals surface area contributed by atoms with E-state index in [1.54, 1.807) is 78.7 Å². The van der Waals surface area contributed by atoms with Crippen LogP contribution in [-0.4, -0.2) is 78.1 Å². The highest BCUT2D eigenvalue weighted by Gasteiger charge is 2.46. The Bertz CT molecular complexity index is 2030. The van der Waals surface area contributed by atoms with Crippen LogP contribution in [0.4, 0.5) is 5.69 Å². The molecule has 48 heavy (non-hydrogen) atoms. The number of nitrogens with zero attached hydrogens (tertiary/aromatic N) is 4. The normalized spacial score (nSPS) is 17.0. The van der Waals surface area contributed by atoms with Crippen molar-refractivity contribution in [1.82, 2.24) is 24.4 Å². The molecule has 1 fully saturated rings. The van der Waals surface area contributed by atoms with Gasteiger partial charge in [-0.15, -0.1) is 0 Å². The molecule has 0 aliphatic carbocycles. The molecule has 2 atom stereocenters. The number of aromatic nitrogens is 3. The Hall–Kier alpha value is -5.29. The molecule has 3 heterocycles. The van der Waals surface area contributed by atoms with Crippen molar-refractivity contribution < 1.29 is 28.4 Å². The van der Waals surface area contributed by atoms with E-state index in [4.69, 9.17) is 4.74 Å². The third kappa shape index (κ3) is 7.80. The van der Waals surface area contributed by atoms with E-state index in [9.17, 15) is 23.7 Å². The molecular weight excluding hydrogens is 632 g/mol. The van der Waals surface area contributed by atoms with Crippen LogP contribution in [0.3, 0.4) is 0 Å². The first-order valence-corrected chi connectivity index (χ1v) is 16.8. The van der Waals surface area contributed by atoms with E-state index in [-0.39, 0.29) is 30.9 Å². The van der Waals surface area contributed by atoms with Crippen molar-refractivity contribution in [2.75, 3.05) is 25.5 Å². The molecule has 2 aromatic heterocycles. The summed E-state index contributed by atoms with van der Waals surface area (Å²) in [4.78, 5) is 44.5. The van der Waals surface area contributed by atoms with Gasteiger partial charge in [0.05, 0.1) is 28.1 Å². The number of hydrogen-bond acceptors (Lipinski definition) is 9. The standard InChI is InChI=1S/C35H36N6O6S/c1-25-20-31(40(2)38-25)33(43)37-29-11-7-10-26(22-29)14-15-27-21-28(24-36-23-27)32(42)39-48(46,30-12-5-4-6-13-30)19-9-18-41-17-8-16-35(41,45)34(44)47-3/h4-7,10-13,19-24,45H,8-9,16-18H2,1-3H3,(H,37,43)(H,39,42,46)/t35-,48?/m1/s1. The van der Waals surface area contributed by atoms with Crippen LogP contribution in [0.2, 0.25) is 0 Å². The van der Waals surface area contributed by atoms with Gasteiger partial charge in [-0.3, -0.25) is 28.9 Å². The van der Waals surface area contributed by atoms with Gasteiger partial charge in [0.2, 0.25) is 5.72 Å². The Kier molecular flexibility index (Phi) is 10.4. The molecule has 0 saturated carbocycles. The van der Waals surface area contributed by atoms with E-state index < -0.39 is 27.3 Å². The molecule has 1 unspecified atom stereocenters. The summed E-state index contributed by atoms with van der Waals surface area (Å²) in [6.45, 7) is 2.51. The molecule has 0 radical (unpaired) electrons. The molecule has 1 aliphatic rings. The zero-order chi connectivity index (χ0) is 34.3. The summed E-state index contributed by atoms with van der Waals surface area (Å²) in [5.41, 5.74) is 1.23. The Morgan fingerprint density at radius 2 is 1.81 bits per heavy atom. The minimum atomic E-state index is -3.23. The summed E-state index contributed by atoms with van der Waals surface area (Å²) in [5.74, 6) is 4.39. The second kappa shape index (κ2) is 14.6. The lowest BCUT2D eigenvalue weighted by atomic mass is 10.1. The number of pyridine rings is 1. The van der Waals surface area contributed by atoms with Crippen molar-refractivity contribution in [2.45, 2.75) is 36.8 Å². The van der Waals surface area contributed by atoms with Gasteiger partial charge in [-0.05, 0) is 67.6 Å². The zero-order valence-corrected chi connectivity index (χ0v) is 27.6. The summed E-state index contributed by atoms with van der Waals surface area (Å²) >= 11 is 0. The zero-order valence-electron chi connectivity index (χ0n) is 26.8. The maximum atomic E-state index is 14.3. The second-order valence-electron chi connectivity index (χ2n) is 11.2. The highest BCUT2D eigenvalue weighted by molar-refractivity contribution is 8.00. The summed E-state index contributed by atoms with van der Waals surface area (Å²) in [6.07, 6.45) is 3.93. The van der Waals surface area contributed by atoms with E-state index in [0.717, 1.165) is 5.69 Å². The van der Waals surface area contributed by atoms with Crippen LogP contribution in [0.25, 0.3) is 0 Å². The minimum absolute atomic E-state index is 0.158. The van der Waals surface area contributed by atoms with Gasteiger partial charge in [0.15, 0.2) is 0 Å². The quantitative estimate of drug-likeness (QED) is 0.139. The average molecular weight is 669 g/mol. The van der Waals surface area contributed by atoms with Crippen LogP contribution in [0, 0.1) is 18.8 Å². The van der Waals surface area contributed by atoms with Gasteiger partial charge in [0, 0.05) is 60.7 Å². The van der Waals surface area contributed by atoms with Gasteiger partial charge in [-0.2, -0.15) is 5.10 Å². The molecular formula is C35H36N6O6S. The van der Waals surface area contributed by atoms with Crippen molar-refractivity contribution in [2.24, 2.45) is 7.05 Å². The number of carbonyl (C=O) groups is 3. The molecule has 13 heteroatoms. The summed E-state index contributed by atoms with van der Waals surface area (Å²) in [5, 5.41) is 19.4. The van der Waals surface area contributed by atoms with Crippen molar-refractivity contribution >= 4 is 38.5 Å². The Morgan fingerprint density at radius 1 is 1.04 bits per heavy atom. The largest absolute Gasteiger partial charge is 0.466 e. The number of carbonyl (C=O) groups excluding carboxylic acids is 3. The molecule has 12 nitrogen and oxygen atoms in total. The molecule has 2 amide bonds. The summed E-state index contributed by atoms with van der Waals surface area (Å²) in [6, 6.07) is 18.9. The van der Waals surface area contributed by atoms with Crippen LogP contribution >= 0.6 is 0 Å². The van der Waals surface area contributed by atoms with Gasteiger partial charge in [0.1, 0.15) is 5.69 Å². The fraction of sp³-hybridized carbons (Fsp3) is 0.257. The summed E-state index contributed by atoms with van der Waals surface area (Å²) in [7, 11) is -0.301. The molecule has 248 valence electrons. The molecule has 1 aliphatic heterocycles. The van der Waals surface area contributed by atoms with Crippen molar-refractivity contribution in [3.05, 3.63) is 107 Å². The molecule has 0 spiro atoms. The molecule has 4 aromatic rings. The fourth-order valence-electron chi connectivity index (χ4n) is 5.41. The molecule has 0 bridgehead atoms. The number of esters is 1. The van der Waals surface area contributed by atoms with Crippen LogP contribution in [0.15, 0.2) is 84.0 Å². The first-order valence-electron chi connectivity index (χ1n) is 15.2. The highest BCUT2D eigenvalue weighted by atomic mass is 32.2. The predicted molar refractivity (Wildman–Crippen MR) is 181 cm³/mol. The number of rotatable bonds is 9. The number of ether oxygens (including phenoxy) is 1. The predicted octanol–water partition coefficient (Wildman–Crippen LogP) is 2.91. The number of anilines is 1. The molecule has 1 saturated heterocycles. The van der Waals surface area contributed by atoms with Gasteiger partial charge in [0.25, 0.3) is 11.8 Å². The van der Waals surface area contributed by atoms with E-state index in [1.165, 1.54) is 29.6 Å². The third-order valence-electron chi connectivity index (χ3n) is 7.78. The van der Waals surface area contributed by atoms with E-state index in [0.29, 0.717) is 40.4 Å². The first-order chi connectivity index (χ1) is 23.0. The Balaban J connectivity index is 1.31. The van der Waals surface area contributed by atoms with Crippen molar-refractivity contribution in [3.8, 4) is 11.8 Å².